The maximum atomic E-state index is 5.84. The Kier molecular flexibility index (Phi) is 2.80. The predicted molar refractivity (Wildman–Crippen MR) is 80.6 cm³/mol. The molecule has 0 aliphatic carbocycles. The Labute approximate surface area is 112 Å². The number of hydrogen-bond acceptors (Lipinski definition) is 3. The van der Waals surface area contributed by atoms with Crippen LogP contribution < -0.4 is 11.1 Å². The van der Waals surface area contributed by atoms with Gasteiger partial charge in [0.2, 0.25) is 0 Å². The van der Waals surface area contributed by atoms with Crippen molar-refractivity contribution in [1.29, 1.82) is 0 Å². The Morgan fingerprint density at radius 2 is 1.84 bits per heavy atom. The topological polar surface area (TPSA) is 50.9 Å². The molecular formula is C16H15N3. The van der Waals surface area contributed by atoms with Crippen LogP contribution in [0, 0.1) is 6.92 Å². The molecule has 3 aromatic rings. The normalized spacial score (nSPS) is 10.6. The number of para-hydroxylation sites is 1. The van der Waals surface area contributed by atoms with E-state index in [0.29, 0.717) is 0 Å². The van der Waals surface area contributed by atoms with Crippen molar-refractivity contribution in [2.75, 3.05) is 11.1 Å². The molecule has 2 aromatic carbocycles. The van der Waals surface area contributed by atoms with Crippen LogP contribution in [-0.2, 0) is 0 Å². The fraction of sp³-hybridized carbons (Fsp3) is 0.0625. The van der Waals surface area contributed by atoms with Gasteiger partial charge >= 0.3 is 0 Å². The number of rotatable bonds is 2. The van der Waals surface area contributed by atoms with E-state index in [0.717, 1.165) is 33.5 Å². The van der Waals surface area contributed by atoms with Crippen LogP contribution in [0.25, 0.3) is 10.9 Å². The van der Waals surface area contributed by atoms with Gasteiger partial charge in [-0.2, -0.15) is 0 Å². The molecule has 0 saturated heterocycles. The minimum Gasteiger partial charge on any atom is -0.399 e. The number of nitrogen functional groups attached to an aromatic ring is 1. The molecule has 0 amide bonds. The molecule has 1 aromatic heterocycles. The monoisotopic (exact) mass is 249 g/mol. The molecule has 0 aliphatic rings. The van der Waals surface area contributed by atoms with Crippen molar-refractivity contribution in [2.45, 2.75) is 6.92 Å². The Bertz CT molecular complexity index is 730. The van der Waals surface area contributed by atoms with Gasteiger partial charge in [-0.25, -0.2) is 0 Å². The Balaban J connectivity index is 2.08. The number of aromatic nitrogens is 1. The van der Waals surface area contributed by atoms with Gasteiger partial charge in [0.1, 0.15) is 0 Å². The van der Waals surface area contributed by atoms with Crippen LogP contribution in [0.15, 0.2) is 54.7 Å². The molecule has 3 N–H and O–H groups in total. The van der Waals surface area contributed by atoms with E-state index in [-0.39, 0.29) is 0 Å². The molecule has 0 aliphatic heterocycles. The molecule has 3 heteroatoms. The zero-order valence-corrected chi connectivity index (χ0v) is 10.7. The third-order valence-corrected chi connectivity index (χ3v) is 3.16. The fourth-order valence-corrected chi connectivity index (χ4v) is 2.12. The van der Waals surface area contributed by atoms with Crippen LogP contribution in [0.2, 0.25) is 0 Å². The number of pyridine rings is 1. The largest absolute Gasteiger partial charge is 0.399 e. The molecule has 3 nitrogen and oxygen atoms in total. The summed E-state index contributed by atoms with van der Waals surface area (Å²) in [5.74, 6) is 0. The summed E-state index contributed by atoms with van der Waals surface area (Å²) in [5.41, 5.74) is 10.7. The van der Waals surface area contributed by atoms with Gasteiger partial charge in [0.15, 0.2) is 0 Å². The number of nitrogens with zero attached hydrogens (tertiary/aromatic N) is 1. The van der Waals surface area contributed by atoms with E-state index in [1.54, 1.807) is 6.20 Å². The third-order valence-electron chi connectivity index (χ3n) is 3.16. The summed E-state index contributed by atoms with van der Waals surface area (Å²) >= 11 is 0. The molecule has 0 radical (unpaired) electrons. The highest BCUT2D eigenvalue weighted by molar-refractivity contribution is 5.92. The fourth-order valence-electron chi connectivity index (χ4n) is 2.12. The number of fused-ring (bicyclic) bond motifs is 1. The van der Waals surface area contributed by atoms with Crippen LogP contribution in [0.3, 0.4) is 0 Å². The Hall–Kier alpha value is -2.55. The van der Waals surface area contributed by atoms with Gasteiger partial charge in [0.05, 0.1) is 11.2 Å². The maximum Gasteiger partial charge on any atom is 0.0936 e. The van der Waals surface area contributed by atoms with Crippen molar-refractivity contribution in [3.8, 4) is 0 Å². The van der Waals surface area contributed by atoms with E-state index in [4.69, 9.17) is 5.73 Å². The third kappa shape index (κ3) is 2.22. The van der Waals surface area contributed by atoms with Gasteiger partial charge in [-0.3, -0.25) is 4.98 Å². The summed E-state index contributed by atoms with van der Waals surface area (Å²) in [6.07, 6.45) is 1.81. The summed E-state index contributed by atoms with van der Waals surface area (Å²) in [5, 5.41) is 4.53. The highest BCUT2D eigenvalue weighted by Crippen LogP contribution is 2.27. The lowest BCUT2D eigenvalue weighted by molar-refractivity contribution is 1.39. The molecule has 3 rings (SSSR count). The van der Waals surface area contributed by atoms with Gasteiger partial charge in [0.25, 0.3) is 0 Å². The molecule has 1 heterocycles. The first-order chi connectivity index (χ1) is 9.24. The first kappa shape index (κ1) is 11.5. The second-order valence-corrected chi connectivity index (χ2v) is 4.58. The van der Waals surface area contributed by atoms with Crippen molar-refractivity contribution < 1.29 is 0 Å². The van der Waals surface area contributed by atoms with Crippen molar-refractivity contribution in [2.24, 2.45) is 0 Å². The second-order valence-electron chi connectivity index (χ2n) is 4.58. The highest BCUT2D eigenvalue weighted by atomic mass is 14.9. The second kappa shape index (κ2) is 4.61. The number of benzene rings is 2. The Morgan fingerprint density at radius 3 is 2.74 bits per heavy atom. The van der Waals surface area contributed by atoms with Crippen LogP contribution >= 0.6 is 0 Å². The molecule has 0 atom stereocenters. The molecule has 0 unspecified atom stereocenters. The molecule has 0 bridgehead atoms. The average Bonchev–Trinajstić information content (AvgIpc) is 2.43. The van der Waals surface area contributed by atoms with E-state index in [1.807, 2.05) is 36.4 Å². The van der Waals surface area contributed by atoms with Crippen LogP contribution in [-0.4, -0.2) is 4.98 Å². The zero-order valence-electron chi connectivity index (χ0n) is 10.7. The van der Waals surface area contributed by atoms with Gasteiger partial charge < -0.3 is 11.1 Å². The Morgan fingerprint density at radius 1 is 1.00 bits per heavy atom. The van der Waals surface area contributed by atoms with Crippen LogP contribution in [0.4, 0.5) is 17.1 Å². The summed E-state index contributed by atoms with van der Waals surface area (Å²) in [7, 11) is 0. The van der Waals surface area contributed by atoms with Crippen molar-refractivity contribution in [3.63, 3.8) is 0 Å². The minimum atomic E-state index is 0.751. The van der Waals surface area contributed by atoms with E-state index < -0.39 is 0 Å². The molecule has 0 spiro atoms. The lowest BCUT2D eigenvalue weighted by atomic mass is 10.1. The van der Waals surface area contributed by atoms with Gasteiger partial charge in [0, 0.05) is 23.0 Å². The number of nitrogens with two attached hydrogens (primary N) is 1. The lowest BCUT2D eigenvalue weighted by Crippen LogP contribution is -1.96. The maximum absolute atomic E-state index is 5.84. The van der Waals surface area contributed by atoms with Gasteiger partial charge in [-0.15, -0.1) is 0 Å². The molecule has 94 valence electrons. The first-order valence-corrected chi connectivity index (χ1v) is 6.21. The van der Waals surface area contributed by atoms with Crippen LogP contribution in [0.1, 0.15) is 5.56 Å². The molecule has 0 saturated carbocycles. The number of anilines is 3. The van der Waals surface area contributed by atoms with Crippen LogP contribution in [0.5, 0.6) is 0 Å². The summed E-state index contributed by atoms with van der Waals surface area (Å²) < 4.78 is 0. The summed E-state index contributed by atoms with van der Waals surface area (Å²) in [4.78, 5) is 4.44. The highest BCUT2D eigenvalue weighted by Gasteiger charge is 2.04. The first-order valence-electron chi connectivity index (χ1n) is 6.21. The predicted octanol–water partition coefficient (Wildman–Crippen LogP) is 3.87. The summed E-state index contributed by atoms with van der Waals surface area (Å²) in [6.45, 7) is 2.06. The van der Waals surface area contributed by atoms with E-state index in [2.05, 4.69) is 29.4 Å². The van der Waals surface area contributed by atoms with Gasteiger partial charge in [-0.05, 0) is 36.8 Å². The van der Waals surface area contributed by atoms with Crippen molar-refractivity contribution >= 4 is 28.0 Å². The summed E-state index contributed by atoms with van der Waals surface area (Å²) in [6, 6.07) is 16.0. The number of nitrogens with one attached hydrogen (secondary N) is 1. The smallest absolute Gasteiger partial charge is 0.0936 e. The van der Waals surface area contributed by atoms with Crippen molar-refractivity contribution in [3.05, 3.63) is 60.3 Å². The molecule has 19 heavy (non-hydrogen) atoms. The van der Waals surface area contributed by atoms with E-state index in [1.165, 1.54) is 0 Å². The molecule has 0 fully saturated rings. The minimum absolute atomic E-state index is 0.751. The standard InChI is InChI=1S/C16H15N3/c1-11-7-8-13(17)10-15(11)19-14-6-2-4-12-5-3-9-18-16(12)14/h2-10,19H,17H2,1H3. The zero-order chi connectivity index (χ0) is 13.2. The number of aryl methyl sites for hydroxylation is 1. The SMILES string of the molecule is Cc1ccc(N)cc1Nc1cccc2cccnc12. The van der Waals surface area contributed by atoms with E-state index in [9.17, 15) is 0 Å². The van der Waals surface area contributed by atoms with Gasteiger partial charge in [-0.1, -0.05) is 24.3 Å². The quantitative estimate of drug-likeness (QED) is 0.678. The van der Waals surface area contributed by atoms with E-state index >= 15 is 0 Å². The van der Waals surface area contributed by atoms with Crippen molar-refractivity contribution in [1.82, 2.24) is 4.98 Å². The molecular weight excluding hydrogens is 234 g/mol. The average molecular weight is 249 g/mol. The lowest BCUT2D eigenvalue weighted by Gasteiger charge is -2.12. The number of hydrogen-bond donors (Lipinski definition) is 2.